The lowest BCUT2D eigenvalue weighted by Crippen LogP contribution is -2.16. The van der Waals surface area contributed by atoms with Crippen molar-refractivity contribution in [2.24, 2.45) is 0 Å². The molecule has 0 aliphatic rings. The van der Waals surface area contributed by atoms with E-state index in [0.717, 1.165) is 22.9 Å². The van der Waals surface area contributed by atoms with Gasteiger partial charge < -0.3 is 10.0 Å². The maximum Gasteiger partial charge on any atom is 0.328 e. The Balaban J connectivity index is 2.15. The van der Waals surface area contributed by atoms with Crippen LogP contribution in [0.3, 0.4) is 0 Å². The van der Waals surface area contributed by atoms with Gasteiger partial charge in [-0.05, 0) is 41.5 Å². The summed E-state index contributed by atoms with van der Waals surface area (Å²) < 4.78 is 0. The zero-order chi connectivity index (χ0) is 15.2. The molecule has 0 fully saturated rings. The Morgan fingerprint density at radius 2 is 2.05 bits per heavy atom. The van der Waals surface area contributed by atoms with E-state index in [1.54, 1.807) is 18.5 Å². The molecule has 0 atom stereocenters. The summed E-state index contributed by atoms with van der Waals surface area (Å²) in [6, 6.07) is 9.37. The van der Waals surface area contributed by atoms with Crippen LogP contribution in [0, 0.1) is 0 Å². The summed E-state index contributed by atoms with van der Waals surface area (Å²) in [4.78, 5) is 16.5. The molecular weight excluding hydrogens is 288 g/mol. The first-order valence-corrected chi connectivity index (χ1v) is 6.74. The molecule has 0 spiro atoms. The highest BCUT2D eigenvalue weighted by Crippen LogP contribution is 2.27. The Hall–Kier alpha value is -2.33. The zero-order valence-electron chi connectivity index (χ0n) is 11.5. The second-order valence-electron chi connectivity index (χ2n) is 4.59. The highest BCUT2D eigenvalue weighted by Gasteiger charge is 2.07. The summed E-state index contributed by atoms with van der Waals surface area (Å²) in [5.74, 6) is -0.981. The predicted octanol–water partition coefficient (Wildman–Crippen LogP) is 3.47. The third kappa shape index (κ3) is 4.33. The molecule has 0 aliphatic heterocycles. The first kappa shape index (κ1) is 15.1. The standard InChI is InChI=1S/C16H15ClN2O2/c1-19(11-13-6-8-18-9-7-13)15-4-2-12(10-14(15)17)3-5-16(20)21/h2-10H,11H2,1H3,(H,20,21)/b5-3+. The van der Waals surface area contributed by atoms with Crippen LogP contribution < -0.4 is 4.90 Å². The van der Waals surface area contributed by atoms with E-state index < -0.39 is 5.97 Å². The monoisotopic (exact) mass is 302 g/mol. The van der Waals surface area contributed by atoms with Crippen LogP contribution in [0.1, 0.15) is 11.1 Å². The Kier molecular flexibility index (Phi) is 4.95. The van der Waals surface area contributed by atoms with Gasteiger partial charge in [-0.1, -0.05) is 17.7 Å². The van der Waals surface area contributed by atoms with Crippen molar-refractivity contribution in [3.05, 3.63) is 65.0 Å². The molecule has 2 aromatic rings. The molecule has 1 aromatic carbocycles. The van der Waals surface area contributed by atoms with Crippen molar-refractivity contribution < 1.29 is 9.90 Å². The largest absolute Gasteiger partial charge is 0.478 e. The van der Waals surface area contributed by atoms with Crippen molar-refractivity contribution in [3.8, 4) is 0 Å². The minimum atomic E-state index is -0.981. The van der Waals surface area contributed by atoms with Gasteiger partial charge in [-0.2, -0.15) is 0 Å². The molecule has 1 aromatic heterocycles. The summed E-state index contributed by atoms with van der Waals surface area (Å²) in [5.41, 5.74) is 2.78. The van der Waals surface area contributed by atoms with Gasteiger partial charge in [0.1, 0.15) is 0 Å². The Morgan fingerprint density at radius 1 is 1.33 bits per heavy atom. The second kappa shape index (κ2) is 6.90. The van der Waals surface area contributed by atoms with Gasteiger partial charge in [0.25, 0.3) is 0 Å². The van der Waals surface area contributed by atoms with Crippen molar-refractivity contribution in [2.75, 3.05) is 11.9 Å². The van der Waals surface area contributed by atoms with Crippen LogP contribution >= 0.6 is 11.6 Å². The third-order valence-electron chi connectivity index (χ3n) is 2.97. The average molecular weight is 303 g/mol. The molecule has 0 bridgehead atoms. The quantitative estimate of drug-likeness (QED) is 0.859. The van der Waals surface area contributed by atoms with E-state index in [1.807, 2.05) is 36.2 Å². The van der Waals surface area contributed by atoms with E-state index in [0.29, 0.717) is 11.6 Å². The fourth-order valence-electron chi connectivity index (χ4n) is 1.95. The highest BCUT2D eigenvalue weighted by atomic mass is 35.5. The smallest absolute Gasteiger partial charge is 0.328 e. The highest BCUT2D eigenvalue weighted by molar-refractivity contribution is 6.33. The van der Waals surface area contributed by atoms with Crippen molar-refractivity contribution in [2.45, 2.75) is 6.54 Å². The van der Waals surface area contributed by atoms with E-state index in [4.69, 9.17) is 16.7 Å². The van der Waals surface area contributed by atoms with Crippen molar-refractivity contribution in [1.82, 2.24) is 4.98 Å². The number of aromatic nitrogens is 1. The summed E-state index contributed by atoms with van der Waals surface area (Å²) in [6.07, 6.45) is 6.11. The molecule has 108 valence electrons. The average Bonchev–Trinajstić information content (AvgIpc) is 2.46. The molecule has 0 radical (unpaired) electrons. The molecular formula is C16H15ClN2O2. The molecule has 1 N–H and O–H groups in total. The summed E-state index contributed by atoms with van der Waals surface area (Å²) in [6.45, 7) is 0.715. The predicted molar refractivity (Wildman–Crippen MR) is 84.5 cm³/mol. The van der Waals surface area contributed by atoms with Crippen LogP contribution in [0.15, 0.2) is 48.8 Å². The van der Waals surface area contributed by atoms with E-state index in [1.165, 1.54) is 6.08 Å². The SMILES string of the molecule is CN(Cc1ccncc1)c1ccc(/C=C/C(=O)O)cc1Cl. The second-order valence-corrected chi connectivity index (χ2v) is 5.00. The molecule has 0 amide bonds. The first-order chi connectivity index (χ1) is 10.1. The van der Waals surface area contributed by atoms with Gasteiger partial charge in [0.05, 0.1) is 10.7 Å². The first-order valence-electron chi connectivity index (χ1n) is 6.37. The van der Waals surface area contributed by atoms with Gasteiger partial charge in [-0.15, -0.1) is 0 Å². The summed E-state index contributed by atoms with van der Waals surface area (Å²) in [5, 5.41) is 9.20. The Bertz CT molecular complexity index is 657. The number of halogens is 1. The van der Waals surface area contributed by atoms with Crippen LogP contribution in [0.25, 0.3) is 6.08 Å². The van der Waals surface area contributed by atoms with Gasteiger partial charge in [0.2, 0.25) is 0 Å². The lowest BCUT2D eigenvalue weighted by Gasteiger charge is -2.21. The van der Waals surface area contributed by atoms with E-state index in [9.17, 15) is 4.79 Å². The molecule has 0 saturated heterocycles. The van der Waals surface area contributed by atoms with Gasteiger partial charge in [-0.3, -0.25) is 4.98 Å². The van der Waals surface area contributed by atoms with E-state index >= 15 is 0 Å². The van der Waals surface area contributed by atoms with E-state index in [2.05, 4.69) is 4.98 Å². The fraction of sp³-hybridized carbons (Fsp3) is 0.125. The number of aliphatic carboxylic acids is 1. The summed E-state index contributed by atoms with van der Waals surface area (Å²) >= 11 is 6.27. The number of rotatable bonds is 5. The van der Waals surface area contributed by atoms with Gasteiger partial charge in [0, 0.05) is 32.1 Å². The molecule has 5 heteroatoms. The van der Waals surface area contributed by atoms with Crippen molar-refractivity contribution in [1.29, 1.82) is 0 Å². The number of carbonyl (C=O) groups is 1. The van der Waals surface area contributed by atoms with Gasteiger partial charge in [0.15, 0.2) is 0 Å². The van der Waals surface area contributed by atoms with Crippen LogP contribution in [-0.4, -0.2) is 23.1 Å². The maximum atomic E-state index is 10.5. The van der Waals surface area contributed by atoms with Crippen molar-refractivity contribution >= 4 is 29.3 Å². The van der Waals surface area contributed by atoms with Gasteiger partial charge in [-0.25, -0.2) is 4.79 Å². The van der Waals surface area contributed by atoms with E-state index in [-0.39, 0.29) is 0 Å². The molecule has 21 heavy (non-hydrogen) atoms. The molecule has 1 heterocycles. The number of nitrogens with zero attached hydrogens (tertiary/aromatic N) is 2. The van der Waals surface area contributed by atoms with Crippen LogP contribution in [0.5, 0.6) is 0 Å². The van der Waals surface area contributed by atoms with Crippen LogP contribution in [0.4, 0.5) is 5.69 Å². The molecule has 0 aliphatic carbocycles. The third-order valence-corrected chi connectivity index (χ3v) is 3.27. The molecule has 2 rings (SSSR count). The number of hydrogen-bond donors (Lipinski definition) is 1. The number of hydrogen-bond acceptors (Lipinski definition) is 3. The normalized spacial score (nSPS) is 10.8. The number of anilines is 1. The molecule has 0 saturated carbocycles. The Labute approximate surface area is 128 Å². The number of carboxylic acids is 1. The van der Waals surface area contributed by atoms with Crippen LogP contribution in [0.2, 0.25) is 5.02 Å². The fourth-order valence-corrected chi connectivity index (χ4v) is 2.28. The topological polar surface area (TPSA) is 53.4 Å². The molecule has 0 unspecified atom stereocenters. The summed E-state index contributed by atoms with van der Waals surface area (Å²) in [7, 11) is 1.95. The number of carboxylic acid groups (broad SMARTS) is 1. The minimum Gasteiger partial charge on any atom is -0.478 e. The Morgan fingerprint density at radius 3 is 2.67 bits per heavy atom. The lowest BCUT2D eigenvalue weighted by molar-refractivity contribution is -0.131. The number of pyridine rings is 1. The lowest BCUT2D eigenvalue weighted by atomic mass is 10.1. The molecule has 4 nitrogen and oxygen atoms in total. The zero-order valence-corrected chi connectivity index (χ0v) is 12.3. The van der Waals surface area contributed by atoms with Gasteiger partial charge >= 0.3 is 5.97 Å². The van der Waals surface area contributed by atoms with Crippen LogP contribution in [-0.2, 0) is 11.3 Å². The van der Waals surface area contributed by atoms with Crippen molar-refractivity contribution in [3.63, 3.8) is 0 Å². The minimum absolute atomic E-state index is 0.582. The maximum absolute atomic E-state index is 10.5. The number of benzene rings is 1.